The molecule has 0 fully saturated rings. The fourth-order valence-electron chi connectivity index (χ4n) is 2.13. The molecule has 4 nitrogen and oxygen atoms in total. The Bertz CT molecular complexity index is 575. The molecule has 0 aliphatic heterocycles. The van der Waals surface area contributed by atoms with E-state index in [1.807, 2.05) is 33.0 Å². The van der Waals surface area contributed by atoms with Gasteiger partial charge in [0.05, 0.1) is 12.0 Å². The van der Waals surface area contributed by atoms with Crippen molar-refractivity contribution >= 4 is 5.69 Å². The first-order valence-electron chi connectivity index (χ1n) is 6.41. The molecule has 4 heteroatoms. The van der Waals surface area contributed by atoms with Crippen molar-refractivity contribution in [3.8, 4) is 0 Å². The molecule has 0 saturated heterocycles. The maximum absolute atomic E-state index is 6.05. The number of furan rings is 1. The zero-order valence-electron chi connectivity index (χ0n) is 12.0. The highest BCUT2D eigenvalue weighted by molar-refractivity contribution is 5.53. The molecule has 0 radical (unpaired) electrons. The third-order valence-electron chi connectivity index (χ3n) is 3.50. The number of rotatable bonds is 4. The molecule has 2 N–H and O–H groups in total. The quantitative estimate of drug-likeness (QED) is 0.917. The Hall–Kier alpha value is -1.81. The summed E-state index contributed by atoms with van der Waals surface area (Å²) < 4.78 is 5.31. The summed E-state index contributed by atoms with van der Waals surface area (Å²) in [6.45, 7) is 7.62. The third-order valence-corrected chi connectivity index (χ3v) is 3.50. The first-order valence-corrected chi connectivity index (χ1v) is 6.41. The summed E-state index contributed by atoms with van der Waals surface area (Å²) in [7, 11) is 2.07. The Morgan fingerprint density at radius 2 is 2.00 bits per heavy atom. The van der Waals surface area contributed by atoms with E-state index in [1.165, 1.54) is 5.56 Å². The molecule has 102 valence electrons. The van der Waals surface area contributed by atoms with Crippen molar-refractivity contribution in [2.45, 2.75) is 33.9 Å². The molecule has 0 aliphatic rings. The largest absolute Gasteiger partial charge is 0.469 e. The Balaban J connectivity index is 2.09. The zero-order chi connectivity index (χ0) is 14.0. The van der Waals surface area contributed by atoms with Crippen molar-refractivity contribution in [3.05, 3.63) is 46.7 Å². The van der Waals surface area contributed by atoms with E-state index in [2.05, 4.69) is 16.9 Å². The summed E-state index contributed by atoms with van der Waals surface area (Å²) >= 11 is 0. The van der Waals surface area contributed by atoms with Crippen LogP contribution in [0.1, 0.15) is 28.1 Å². The van der Waals surface area contributed by atoms with Gasteiger partial charge in [-0.25, -0.2) is 0 Å². The molecule has 19 heavy (non-hydrogen) atoms. The smallest absolute Gasteiger partial charge is 0.105 e. The number of aromatic nitrogens is 1. The molecule has 0 unspecified atom stereocenters. The van der Waals surface area contributed by atoms with Crippen LogP contribution in [0.4, 0.5) is 5.69 Å². The van der Waals surface area contributed by atoms with Crippen molar-refractivity contribution < 1.29 is 4.42 Å². The minimum Gasteiger partial charge on any atom is -0.469 e. The molecule has 0 amide bonds. The topological polar surface area (TPSA) is 55.3 Å². The van der Waals surface area contributed by atoms with Gasteiger partial charge < -0.3 is 10.2 Å². The van der Waals surface area contributed by atoms with Crippen LogP contribution in [0.15, 0.2) is 22.9 Å². The summed E-state index contributed by atoms with van der Waals surface area (Å²) in [4.78, 5) is 6.70. The minimum absolute atomic E-state index is 0.779. The van der Waals surface area contributed by atoms with Crippen LogP contribution in [-0.2, 0) is 13.1 Å². The molecule has 2 aromatic heterocycles. The molecule has 2 heterocycles. The van der Waals surface area contributed by atoms with Crippen LogP contribution in [0.5, 0.6) is 0 Å². The average Bonchev–Trinajstić information content (AvgIpc) is 2.76. The molecule has 2 aromatic rings. The van der Waals surface area contributed by atoms with E-state index >= 15 is 0 Å². The van der Waals surface area contributed by atoms with Gasteiger partial charge in [-0.05, 0) is 45.0 Å². The summed E-state index contributed by atoms with van der Waals surface area (Å²) in [5.41, 5.74) is 11.2. The van der Waals surface area contributed by atoms with Gasteiger partial charge in [-0.2, -0.15) is 0 Å². The van der Waals surface area contributed by atoms with Gasteiger partial charge >= 0.3 is 0 Å². The monoisotopic (exact) mass is 259 g/mol. The number of hydrogen-bond donors (Lipinski definition) is 1. The average molecular weight is 259 g/mol. The molecule has 0 saturated carbocycles. The van der Waals surface area contributed by atoms with Crippen molar-refractivity contribution in [2.24, 2.45) is 0 Å². The molecular weight excluding hydrogens is 238 g/mol. The summed E-state index contributed by atoms with van der Waals surface area (Å²) in [6, 6.07) is 2.01. The lowest BCUT2D eigenvalue weighted by Crippen LogP contribution is -2.19. The maximum atomic E-state index is 6.05. The molecule has 0 atom stereocenters. The van der Waals surface area contributed by atoms with E-state index in [0.29, 0.717) is 0 Å². The lowest BCUT2D eigenvalue weighted by molar-refractivity contribution is 0.312. The van der Waals surface area contributed by atoms with Gasteiger partial charge in [-0.1, -0.05) is 0 Å². The molecule has 0 aromatic carbocycles. The normalized spacial score (nSPS) is 11.2. The Kier molecular flexibility index (Phi) is 3.90. The van der Waals surface area contributed by atoms with Crippen LogP contribution in [0.25, 0.3) is 0 Å². The van der Waals surface area contributed by atoms with Crippen LogP contribution in [0, 0.1) is 20.8 Å². The van der Waals surface area contributed by atoms with E-state index in [-0.39, 0.29) is 0 Å². The minimum atomic E-state index is 0.779. The number of nitrogens with two attached hydrogens (primary N) is 1. The maximum Gasteiger partial charge on any atom is 0.105 e. The zero-order valence-corrected chi connectivity index (χ0v) is 12.0. The van der Waals surface area contributed by atoms with Crippen molar-refractivity contribution in [1.29, 1.82) is 0 Å². The van der Waals surface area contributed by atoms with Gasteiger partial charge in [-0.3, -0.25) is 9.88 Å². The highest BCUT2D eigenvalue weighted by Gasteiger charge is 2.10. The fraction of sp³-hybridized carbons (Fsp3) is 0.400. The third kappa shape index (κ3) is 2.96. The predicted octanol–water partition coefficient (Wildman–Crippen LogP) is 2.81. The Labute approximate surface area is 114 Å². The first-order chi connectivity index (χ1) is 8.99. The summed E-state index contributed by atoms with van der Waals surface area (Å²) in [6.07, 6.45) is 3.57. The van der Waals surface area contributed by atoms with Gasteiger partial charge in [0.15, 0.2) is 0 Å². The van der Waals surface area contributed by atoms with Crippen molar-refractivity contribution in [2.75, 3.05) is 12.8 Å². The standard InChI is InChI=1S/C15H21N3O/c1-10-7-17-14(11(2)15(10)16)9-18(4)8-13-5-6-19-12(13)3/h5-7H,8-9H2,1-4H3,(H2,16,17). The predicted molar refractivity (Wildman–Crippen MR) is 76.7 cm³/mol. The van der Waals surface area contributed by atoms with Crippen molar-refractivity contribution in [1.82, 2.24) is 9.88 Å². The van der Waals surface area contributed by atoms with E-state index in [9.17, 15) is 0 Å². The van der Waals surface area contributed by atoms with Crippen LogP contribution < -0.4 is 5.73 Å². The Morgan fingerprint density at radius 3 is 2.63 bits per heavy atom. The van der Waals surface area contributed by atoms with Gasteiger partial charge in [0.2, 0.25) is 0 Å². The SMILES string of the molecule is Cc1cnc(CN(C)Cc2ccoc2C)c(C)c1N. The summed E-state index contributed by atoms with van der Waals surface area (Å²) in [5, 5.41) is 0. The van der Waals surface area contributed by atoms with E-state index in [0.717, 1.165) is 41.4 Å². The lowest BCUT2D eigenvalue weighted by Gasteiger charge is -2.18. The molecule has 0 aliphatic carbocycles. The van der Waals surface area contributed by atoms with Crippen LogP contribution in [0.3, 0.4) is 0 Å². The van der Waals surface area contributed by atoms with Crippen LogP contribution >= 0.6 is 0 Å². The lowest BCUT2D eigenvalue weighted by atomic mass is 10.1. The first kappa shape index (κ1) is 13.6. The second-order valence-corrected chi connectivity index (χ2v) is 5.10. The number of aryl methyl sites for hydroxylation is 2. The molecular formula is C15H21N3O. The Morgan fingerprint density at radius 1 is 1.26 bits per heavy atom. The van der Waals surface area contributed by atoms with Gasteiger partial charge in [0, 0.05) is 30.5 Å². The molecule has 2 rings (SSSR count). The number of hydrogen-bond acceptors (Lipinski definition) is 4. The van der Waals surface area contributed by atoms with E-state index in [4.69, 9.17) is 10.2 Å². The van der Waals surface area contributed by atoms with Crippen molar-refractivity contribution in [3.63, 3.8) is 0 Å². The number of pyridine rings is 1. The van der Waals surface area contributed by atoms with Gasteiger partial charge in [0.25, 0.3) is 0 Å². The highest BCUT2D eigenvalue weighted by Crippen LogP contribution is 2.20. The van der Waals surface area contributed by atoms with E-state index in [1.54, 1.807) is 6.26 Å². The van der Waals surface area contributed by atoms with Gasteiger partial charge in [-0.15, -0.1) is 0 Å². The van der Waals surface area contributed by atoms with E-state index < -0.39 is 0 Å². The number of anilines is 1. The summed E-state index contributed by atoms with van der Waals surface area (Å²) in [5.74, 6) is 0.972. The second-order valence-electron chi connectivity index (χ2n) is 5.10. The second kappa shape index (κ2) is 5.45. The van der Waals surface area contributed by atoms with Crippen LogP contribution in [-0.4, -0.2) is 16.9 Å². The van der Waals surface area contributed by atoms with Gasteiger partial charge in [0.1, 0.15) is 5.76 Å². The number of nitrogens with zero attached hydrogens (tertiary/aromatic N) is 2. The number of nitrogen functional groups attached to an aromatic ring is 1. The fourth-order valence-corrected chi connectivity index (χ4v) is 2.13. The molecule has 0 spiro atoms. The molecule has 0 bridgehead atoms. The van der Waals surface area contributed by atoms with Crippen LogP contribution in [0.2, 0.25) is 0 Å². The highest BCUT2D eigenvalue weighted by atomic mass is 16.3.